The van der Waals surface area contributed by atoms with Crippen LogP contribution in [0, 0.1) is 5.92 Å². The number of carbonyl (C=O) groups is 2. The summed E-state index contributed by atoms with van der Waals surface area (Å²) in [5.74, 6) is 0.608. The van der Waals surface area contributed by atoms with E-state index in [1.807, 2.05) is 12.1 Å². The molecule has 28 heavy (non-hydrogen) atoms. The fourth-order valence-electron chi connectivity index (χ4n) is 4.53. The Morgan fingerprint density at radius 3 is 2.57 bits per heavy atom. The van der Waals surface area contributed by atoms with Crippen molar-refractivity contribution in [2.45, 2.75) is 31.3 Å². The van der Waals surface area contributed by atoms with Gasteiger partial charge in [0.05, 0.1) is 6.54 Å². The van der Waals surface area contributed by atoms with Crippen molar-refractivity contribution < 1.29 is 9.59 Å². The van der Waals surface area contributed by atoms with Gasteiger partial charge in [-0.15, -0.1) is 0 Å². The molecule has 2 aliphatic rings. The number of nitrogens with one attached hydrogen (secondary N) is 1. The van der Waals surface area contributed by atoms with Crippen molar-refractivity contribution >= 4 is 23.7 Å². The van der Waals surface area contributed by atoms with E-state index in [1.54, 1.807) is 24.3 Å². The van der Waals surface area contributed by atoms with Gasteiger partial charge in [-0.2, -0.15) is 0 Å². The third-order valence-electron chi connectivity index (χ3n) is 6.14. The predicted molar refractivity (Wildman–Crippen MR) is 111 cm³/mol. The van der Waals surface area contributed by atoms with Crippen molar-refractivity contribution in [3.8, 4) is 0 Å². The van der Waals surface area contributed by atoms with E-state index in [0.29, 0.717) is 23.0 Å². The minimum Gasteiger partial charge on any atom is -0.301 e. The van der Waals surface area contributed by atoms with Gasteiger partial charge in [-0.1, -0.05) is 35.9 Å². The van der Waals surface area contributed by atoms with Crippen molar-refractivity contribution in [2.75, 3.05) is 19.6 Å². The van der Waals surface area contributed by atoms with Gasteiger partial charge in [-0.3, -0.25) is 15.0 Å². The molecule has 4 nitrogen and oxygen atoms in total. The molecule has 1 unspecified atom stereocenters. The van der Waals surface area contributed by atoms with E-state index in [1.165, 1.54) is 5.56 Å². The van der Waals surface area contributed by atoms with Crippen LogP contribution in [-0.2, 0) is 16.9 Å². The standard InChI is InChI=1S/C23H25ClN2O2/c24-20-7-5-18(6-8-20)22(28)15-26-11-9-17(10-12-26)13-23(16-27)21-4-2-1-3-19(21)14-25-23/h1-8,16-17,25H,9-15H2. The number of carbonyl (C=O) groups excluding carboxylic acids is 2. The zero-order chi connectivity index (χ0) is 19.6. The highest BCUT2D eigenvalue weighted by molar-refractivity contribution is 6.30. The second-order valence-electron chi connectivity index (χ2n) is 7.95. The number of nitrogens with zero attached hydrogens (tertiary/aromatic N) is 1. The zero-order valence-electron chi connectivity index (χ0n) is 15.9. The van der Waals surface area contributed by atoms with Crippen LogP contribution in [0.15, 0.2) is 48.5 Å². The van der Waals surface area contributed by atoms with Crippen LogP contribution < -0.4 is 5.32 Å². The Hall–Kier alpha value is -2.01. The predicted octanol–water partition coefficient (Wildman–Crippen LogP) is 3.82. The number of fused-ring (bicyclic) bond motifs is 1. The minimum absolute atomic E-state index is 0.130. The Kier molecular flexibility index (Phi) is 5.63. The lowest BCUT2D eigenvalue weighted by molar-refractivity contribution is -0.114. The second kappa shape index (κ2) is 8.16. The van der Waals surface area contributed by atoms with Gasteiger partial charge in [-0.25, -0.2) is 0 Å². The monoisotopic (exact) mass is 396 g/mol. The molecule has 2 aromatic rings. The van der Waals surface area contributed by atoms with Gasteiger partial charge < -0.3 is 4.79 Å². The highest BCUT2D eigenvalue weighted by atomic mass is 35.5. The van der Waals surface area contributed by atoms with E-state index in [4.69, 9.17) is 11.6 Å². The van der Waals surface area contributed by atoms with Crippen LogP contribution in [0.1, 0.15) is 40.7 Å². The van der Waals surface area contributed by atoms with E-state index in [2.05, 4.69) is 22.3 Å². The lowest BCUT2D eigenvalue weighted by Gasteiger charge is -2.35. The molecule has 0 spiro atoms. The Labute approximate surface area is 170 Å². The van der Waals surface area contributed by atoms with Crippen molar-refractivity contribution in [3.63, 3.8) is 0 Å². The molecule has 2 heterocycles. The molecule has 2 aromatic carbocycles. The molecule has 0 bridgehead atoms. The number of likely N-dealkylation sites (tertiary alicyclic amines) is 1. The summed E-state index contributed by atoms with van der Waals surface area (Å²) in [6, 6.07) is 15.3. The van der Waals surface area contributed by atoms with Crippen molar-refractivity contribution in [1.29, 1.82) is 0 Å². The Bertz CT molecular complexity index is 859. The molecule has 0 radical (unpaired) electrons. The van der Waals surface area contributed by atoms with Crippen LogP contribution in [0.25, 0.3) is 0 Å². The molecule has 4 rings (SSSR count). The van der Waals surface area contributed by atoms with Gasteiger partial charge in [0.25, 0.3) is 0 Å². The molecule has 146 valence electrons. The van der Waals surface area contributed by atoms with E-state index >= 15 is 0 Å². The number of Topliss-reactive ketones (excluding diaryl/α,β-unsaturated/α-hetero) is 1. The molecule has 0 aromatic heterocycles. The zero-order valence-corrected chi connectivity index (χ0v) is 16.6. The number of benzene rings is 2. The maximum atomic E-state index is 12.5. The lowest BCUT2D eigenvalue weighted by atomic mass is 9.79. The Morgan fingerprint density at radius 1 is 1.14 bits per heavy atom. The van der Waals surface area contributed by atoms with Gasteiger partial charge in [0.2, 0.25) is 0 Å². The molecule has 1 saturated heterocycles. The number of piperidine rings is 1. The number of hydrogen-bond acceptors (Lipinski definition) is 4. The number of hydrogen-bond donors (Lipinski definition) is 1. The maximum Gasteiger partial charge on any atom is 0.176 e. The summed E-state index contributed by atoms with van der Waals surface area (Å²) < 4.78 is 0. The van der Waals surface area contributed by atoms with Gasteiger partial charge in [-0.05, 0) is 73.7 Å². The van der Waals surface area contributed by atoms with Crippen LogP contribution >= 0.6 is 11.6 Å². The highest BCUT2D eigenvalue weighted by Gasteiger charge is 2.40. The summed E-state index contributed by atoms with van der Waals surface area (Å²) in [4.78, 5) is 26.7. The summed E-state index contributed by atoms with van der Waals surface area (Å²) in [6.07, 6.45) is 3.93. The molecule has 0 amide bonds. The number of aldehydes is 1. The summed E-state index contributed by atoms with van der Waals surface area (Å²) in [5, 5.41) is 4.10. The SMILES string of the molecule is O=CC1(CC2CCN(CC(=O)c3ccc(Cl)cc3)CC2)NCc2ccccc21. The quantitative estimate of drug-likeness (QED) is 0.595. The van der Waals surface area contributed by atoms with Gasteiger partial charge in [0.15, 0.2) is 5.78 Å². The summed E-state index contributed by atoms with van der Waals surface area (Å²) in [5.41, 5.74) is 2.51. The number of rotatable bonds is 6. The second-order valence-corrected chi connectivity index (χ2v) is 8.39. The number of halogens is 1. The van der Waals surface area contributed by atoms with Crippen molar-refractivity contribution in [1.82, 2.24) is 10.2 Å². The van der Waals surface area contributed by atoms with Crippen LogP contribution in [0.3, 0.4) is 0 Å². The molecule has 1 atom stereocenters. The molecule has 0 aliphatic carbocycles. The minimum atomic E-state index is -0.553. The first-order valence-electron chi connectivity index (χ1n) is 9.90. The summed E-state index contributed by atoms with van der Waals surface area (Å²) >= 11 is 5.90. The van der Waals surface area contributed by atoms with Crippen LogP contribution in [0.4, 0.5) is 0 Å². The fourth-order valence-corrected chi connectivity index (χ4v) is 4.65. The van der Waals surface area contributed by atoms with Crippen molar-refractivity contribution in [2.24, 2.45) is 5.92 Å². The lowest BCUT2D eigenvalue weighted by Crippen LogP contribution is -2.43. The third-order valence-corrected chi connectivity index (χ3v) is 6.40. The molecule has 1 fully saturated rings. The highest BCUT2D eigenvalue weighted by Crippen LogP contribution is 2.37. The normalized spacial score (nSPS) is 22.8. The van der Waals surface area contributed by atoms with Crippen LogP contribution in [-0.4, -0.2) is 36.6 Å². The smallest absolute Gasteiger partial charge is 0.176 e. The van der Waals surface area contributed by atoms with Gasteiger partial charge in [0.1, 0.15) is 11.8 Å². The first kappa shape index (κ1) is 19.3. The Morgan fingerprint density at radius 2 is 1.86 bits per heavy atom. The number of ketones is 1. The molecular weight excluding hydrogens is 372 g/mol. The molecule has 2 aliphatic heterocycles. The van der Waals surface area contributed by atoms with E-state index in [0.717, 1.165) is 50.7 Å². The molecular formula is C23H25ClN2O2. The molecule has 1 N–H and O–H groups in total. The summed E-state index contributed by atoms with van der Waals surface area (Å²) in [7, 11) is 0. The summed E-state index contributed by atoms with van der Waals surface area (Å²) in [6.45, 7) is 2.97. The molecule has 0 saturated carbocycles. The van der Waals surface area contributed by atoms with Gasteiger partial charge in [0, 0.05) is 17.1 Å². The van der Waals surface area contributed by atoms with Crippen LogP contribution in [0.2, 0.25) is 5.02 Å². The largest absolute Gasteiger partial charge is 0.301 e. The fraction of sp³-hybridized carbons (Fsp3) is 0.391. The first-order valence-corrected chi connectivity index (χ1v) is 10.3. The van der Waals surface area contributed by atoms with E-state index in [9.17, 15) is 9.59 Å². The van der Waals surface area contributed by atoms with Gasteiger partial charge >= 0.3 is 0 Å². The van der Waals surface area contributed by atoms with Crippen molar-refractivity contribution in [3.05, 3.63) is 70.2 Å². The maximum absolute atomic E-state index is 12.5. The van der Waals surface area contributed by atoms with Crippen LogP contribution in [0.5, 0.6) is 0 Å². The first-order chi connectivity index (χ1) is 13.6. The van der Waals surface area contributed by atoms with E-state index in [-0.39, 0.29) is 5.78 Å². The third kappa shape index (κ3) is 3.90. The topological polar surface area (TPSA) is 49.4 Å². The average Bonchev–Trinajstić information content (AvgIpc) is 3.09. The average molecular weight is 397 g/mol. The molecule has 5 heteroatoms. The Balaban J connectivity index is 1.34. The van der Waals surface area contributed by atoms with E-state index < -0.39 is 5.54 Å².